The van der Waals surface area contributed by atoms with Crippen molar-refractivity contribution in [3.05, 3.63) is 42.2 Å². The second-order valence-electron chi connectivity index (χ2n) is 8.34. The lowest BCUT2D eigenvalue weighted by Gasteiger charge is -2.32. The molecule has 1 saturated heterocycles. The van der Waals surface area contributed by atoms with Gasteiger partial charge in [-0.25, -0.2) is 18.4 Å². The predicted molar refractivity (Wildman–Crippen MR) is 114 cm³/mol. The van der Waals surface area contributed by atoms with Crippen LogP contribution in [0.2, 0.25) is 0 Å². The molecular weight excluding hydrogens is 402 g/mol. The van der Waals surface area contributed by atoms with E-state index in [9.17, 15) is 8.42 Å². The van der Waals surface area contributed by atoms with Gasteiger partial charge in [0, 0.05) is 19.3 Å². The number of hydrogen-bond donors (Lipinski definition) is 0. The number of benzene rings is 1. The molecule has 7 nitrogen and oxygen atoms in total. The van der Waals surface area contributed by atoms with Gasteiger partial charge in [-0.2, -0.15) is 0 Å². The molecule has 30 heavy (non-hydrogen) atoms. The number of ether oxygens (including phenoxy) is 2. The van der Waals surface area contributed by atoms with E-state index in [4.69, 9.17) is 9.47 Å². The fourth-order valence-electron chi connectivity index (χ4n) is 4.31. The standard InChI is InChI=1S/C22H29N3O4S/c1-28-19-12-23-22(24-13-19)25-9-7-17(8-10-25)21-11-18(21)15-29-14-16-3-5-20(6-4-16)30(2,26)27/h3-6,12-13,17-18,21H,7-11,14-15H2,1-2H3/t18-,21+/m0/s1. The fraction of sp³-hybridized carbons (Fsp3) is 0.545. The number of rotatable bonds is 8. The maximum Gasteiger partial charge on any atom is 0.225 e. The highest BCUT2D eigenvalue weighted by atomic mass is 32.2. The third-order valence-corrected chi connectivity index (χ3v) is 7.34. The summed E-state index contributed by atoms with van der Waals surface area (Å²) in [6.45, 7) is 3.29. The van der Waals surface area contributed by atoms with E-state index in [1.165, 1.54) is 25.5 Å². The third-order valence-electron chi connectivity index (χ3n) is 6.21. The van der Waals surface area contributed by atoms with Gasteiger partial charge in [-0.05, 0) is 54.7 Å². The molecule has 1 aliphatic heterocycles. The number of methoxy groups -OCH3 is 1. The van der Waals surface area contributed by atoms with Crippen LogP contribution < -0.4 is 9.64 Å². The van der Waals surface area contributed by atoms with Crippen molar-refractivity contribution in [2.24, 2.45) is 17.8 Å². The first-order valence-electron chi connectivity index (χ1n) is 10.4. The summed E-state index contributed by atoms with van der Waals surface area (Å²) >= 11 is 0. The van der Waals surface area contributed by atoms with E-state index in [1.54, 1.807) is 31.6 Å². The molecule has 8 heteroatoms. The molecular formula is C22H29N3O4S. The van der Waals surface area contributed by atoms with Gasteiger partial charge in [0.1, 0.15) is 0 Å². The number of nitrogens with zero attached hydrogens (tertiary/aromatic N) is 3. The highest BCUT2D eigenvalue weighted by Crippen LogP contribution is 2.48. The summed E-state index contributed by atoms with van der Waals surface area (Å²) in [5.41, 5.74) is 1.01. The smallest absolute Gasteiger partial charge is 0.225 e. The van der Waals surface area contributed by atoms with Crippen molar-refractivity contribution in [1.82, 2.24) is 9.97 Å². The first-order valence-corrected chi connectivity index (χ1v) is 12.3. The lowest BCUT2D eigenvalue weighted by Crippen LogP contribution is -2.35. The Morgan fingerprint density at radius 2 is 1.77 bits per heavy atom. The highest BCUT2D eigenvalue weighted by Gasteiger charge is 2.43. The second kappa shape index (κ2) is 8.89. The topological polar surface area (TPSA) is 81.6 Å². The SMILES string of the molecule is COc1cnc(N2CCC([C@H]3C[C@H]3COCc3ccc(S(C)(=O)=O)cc3)CC2)nc1. The van der Waals surface area contributed by atoms with Crippen LogP contribution in [0.4, 0.5) is 5.95 Å². The summed E-state index contributed by atoms with van der Waals surface area (Å²) in [4.78, 5) is 11.4. The van der Waals surface area contributed by atoms with E-state index in [2.05, 4.69) is 14.9 Å². The Labute approximate surface area is 178 Å². The number of aromatic nitrogens is 2. The van der Waals surface area contributed by atoms with E-state index in [0.717, 1.165) is 43.0 Å². The second-order valence-corrected chi connectivity index (χ2v) is 10.4. The van der Waals surface area contributed by atoms with Crippen LogP contribution in [0.1, 0.15) is 24.8 Å². The fourth-order valence-corrected chi connectivity index (χ4v) is 4.94. The van der Waals surface area contributed by atoms with Crippen LogP contribution in [0.15, 0.2) is 41.6 Å². The zero-order chi connectivity index (χ0) is 21.1. The first-order chi connectivity index (χ1) is 14.4. The Morgan fingerprint density at radius 3 is 2.37 bits per heavy atom. The molecule has 4 rings (SSSR count). The van der Waals surface area contributed by atoms with Crippen molar-refractivity contribution in [2.75, 3.05) is 38.0 Å². The summed E-state index contributed by atoms with van der Waals surface area (Å²) in [5.74, 6) is 3.63. The first kappa shape index (κ1) is 21.1. The van der Waals surface area contributed by atoms with Gasteiger partial charge in [-0.15, -0.1) is 0 Å². The maximum absolute atomic E-state index is 11.5. The summed E-state index contributed by atoms with van der Waals surface area (Å²) in [6.07, 6.45) is 8.25. The maximum atomic E-state index is 11.5. The number of piperidine rings is 1. The Morgan fingerprint density at radius 1 is 1.10 bits per heavy atom. The van der Waals surface area contributed by atoms with Crippen LogP contribution in [-0.4, -0.2) is 51.4 Å². The molecule has 2 aromatic rings. The molecule has 0 bridgehead atoms. The van der Waals surface area contributed by atoms with E-state index in [1.807, 2.05) is 12.1 Å². The zero-order valence-corrected chi connectivity index (χ0v) is 18.3. The number of hydrogen-bond acceptors (Lipinski definition) is 7. The lowest BCUT2D eigenvalue weighted by molar-refractivity contribution is 0.104. The summed E-state index contributed by atoms with van der Waals surface area (Å²) in [7, 11) is -1.53. The molecule has 1 aromatic heterocycles. The van der Waals surface area contributed by atoms with Crippen molar-refractivity contribution < 1.29 is 17.9 Å². The van der Waals surface area contributed by atoms with Crippen LogP contribution in [-0.2, 0) is 21.2 Å². The molecule has 2 heterocycles. The molecule has 0 amide bonds. The molecule has 2 atom stereocenters. The predicted octanol–water partition coefficient (Wildman–Crippen LogP) is 2.96. The van der Waals surface area contributed by atoms with Gasteiger partial charge < -0.3 is 14.4 Å². The van der Waals surface area contributed by atoms with E-state index < -0.39 is 9.84 Å². The van der Waals surface area contributed by atoms with Crippen molar-refractivity contribution in [2.45, 2.75) is 30.8 Å². The van der Waals surface area contributed by atoms with Gasteiger partial charge >= 0.3 is 0 Å². The van der Waals surface area contributed by atoms with Crippen molar-refractivity contribution in [1.29, 1.82) is 0 Å². The molecule has 0 radical (unpaired) electrons. The van der Waals surface area contributed by atoms with Crippen molar-refractivity contribution in [3.63, 3.8) is 0 Å². The van der Waals surface area contributed by atoms with Crippen LogP contribution in [0.3, 0.4) is 0 Å². The number of sulfone groups is 1. The minimum absolute atomic E-state index is 0.347. The molecule has 1 aliphatic carbocycles. The molecule has 2 aliphatic rings. The largest absolute Gasteiger partial charge is 0.494 e. The van der Waals surface area contributed by atoms with Gasteiger partial charge in [0.15, 0.2) is 15.6 Å². The van der Waals surface area contributed by atoms with Gasteiger partial charge in [-0.3, -0.25) is 0 Å². The van der Waals surface area contributed by atoms with Crippen LogP contribution in [0, 0.1) is 17.8 Å². The quantitative estimate of drug-likeness (QED) is 0.635. The molecule has 162 valence electrons. The number of anilines is 1. The van der Waals surface area contributed by atoms with E-state index in [0.29, 0.717) is 23.2 Å². The molecule has 2 fully saturated rings. The van der Waals surface area contributed by atoms with Gasteiger partial charge in [0.05, 0.1) is 37.6 Å². The molecule has 1 saturated carbocycles. The normalized spacial score (nSPS) is 22.1. The van der Waals surface area contributed by atoms with Crippen LogP contribution in [0.5, 0.6) is 5.75 Å². The van der Waals surface area contributed by atoms with Crippen molar-refractivity contribution in [3.8, 4) is 5.75 Å². The Hall–Kier alpha value is -2.19. The average Bonchev–Trinajstić information content (AvgIpc) is 3.53. The van der Waals surface area contributed by atoms with Crippen LogP contribution >= 0.6 is 0 Å². The average molecular weight is 432 g/mol. The minimum atomic E-state index is -3.15. The molecule has 0 N–H and O–H groups in total. The highest BCUT2D eigenvalue weighted by molar-refractivity contribution is 7.90. The summed E-state index contributed by atoms with van der Waals surface area (Å²) in [6, 6.07) is 6.96. The van der Waals surface area contributed by atoms with Crippen LogP contribution in [0.25, 0.3) is 0 Å². The molecule has 0 unspecified atom stereocenters. The Balaban J connectivity index is 1.17. The summed E-state index contributed by atoms with van der Waals surface area (Å²) < 4.78 is 34.1. The van der Waals surface area contributed by atoms with Gasteiger partial charge in [0.2, 0.25) is 5.95 Å². The molecule has 1 aromatic carbocycles. The monoisotopic (exact) mass is 431 g/mol. The Bertz CT molecular complexity index is 939. The summed E-state index contributed by atoms with van der Waals surface area (Å²) in [5, 5.41) is 0. The van der Waals surface area contributed by atoms with Gasteiger partial charge in [-0.1, -0.05) is 12.1 Å². The van der Waals surface area contributed by atoms with Crippen molar-refractivity contribution >= 4 is 15.8 Å². The van der Waals surface area contributed by atoms with Gasteiger partial charge in [0.25, 0.3) is 0 Å². The Kier molecular flexibility index (Phi) is 6.24. The lowest BCUT2D eigenvalue weighted by atomic mass is 9.91. The minimum Gasteiger partial charge on any atom is -0.494 e. The zero-order valence-electron chi connectivity index (χ0n) is 17.5. The van der Waals surface area contributed by atoms with E-state index >= 15 is 0 Å². The molecule has 0 spiro atoms. The van der Waals surface area contributed by atoms with E-state index in [-0.39, 0.29) is 0 Å². The third kappa shape index (κ3) is 5.10.